The summed E-state index contributed by atoms with van der Waals surface area (Å²) in [7, 11) is 0. The van der Waals surface area contributed by atoms with Crippen molar-refractivity contribution in [2.24, 2.45) is 5.73 Å². The lowest BCUT2D eigenvalue weighted by molar-refractivity contribution is 0.304. The van der Waals surface area contributed by atoms with E-state index in [2.05, 4.69) is 12.1 Å². The van der Waals surface area contributed by atoms with Crippen LogP contribution in [0.1, 0.15) is 35.1 Å². The van der Waals surface area contributed by atoms with Crippen molar-refractivity contribution in [2.75, 3.05) is 0 Å². The number of halogens is 1. The number of hydrogen-bond donors (Lipinski definition) is 1. The molecule has 0 bridgehead atoms. The molecule has 0 radical (unpaired) electrons. The van der Waals surface area contributed by atoms with Crippen LogP contribution in [-0.4, -0.2) is 0 Å². The molecule has 1 aliphatic carbocycles. The summed E-state index contributed by atoms with van der Waals surface area (Å²) in [5.41, 5.74) is 10.2. The van der Waals surface area contributed by atoms with Crippen molar-refractivity contribution in [3.8, 4) is 5.75 Å². The van der Waals surface area contributed by atoms with Crippen LogP contribution < -0.4 is 10.5 Å². The van der Waals surface area contributed by atoms with Gasteiger partial charge in [0.1, 0.15) is 18.2 Å². The first-order valence-electron chi connectivity index (χ1n) is 7.48. The van der Waals surface area contributed by atoms with Crippen LogP contribution in [0.3, 0.4) is 0 Å². The highest BCUT2D eigenvalue weighted by Gasteiger charge is 2.10. The minimum atomic E-state index is -0.256. The zero-order chi connectivity index (χ0) is 14.7. The third-order valence-electron chi connectivity index (χ3n) is 4.10. The van der Waals surface area contributed by atoms with Gasteiger partial charge in [0.25, 0.3) is 0 Å². The molecule has 2 nitrogen and oxygen atoms in total. The highest BCUT2D eigenvalue weighted by atomic mass is 19.1. The fourth-order valence-corrected chi connectivity index (χ4v) is 2.89. The Bertz CT molecular complexity index is 639. The topological polar surface area (TPSA) is 35.2 Å². The van der Waals surface area contributed by atoms with Crippen molar-refractivity contribution in [1.82, 2.24) is 0 Å². The average Bonchev–Trinajstić information content (AvgIpc) is 2.53. The average molecular weight is 285 g/mol. The molecule has 0 atom stereocenters. The van der Waals surface area contributed by atoms with Gasteiger partial charge in [-0.05, 0) is 72.2 Å². The lowest BCUT2D eigenvalue weighted by atomic mass is 9.92. The molecule has 3 rings (SSSR count). The van der Waals surface area contributed by atoms with E-state index < -0.39 is 0 Å². The third kappa shape index (κ3) is 3.24. The molecule has 0 saturated carbocycles. The second-order valence-electron chi connectivity index (χ2n) is 5.54. The number of benzene rings is 2. The molecule has 110 valence electrons. The van der Waals surface area contributed by atoms with Gasteiger partial charge in [-0.25, -0.2) is 4.39 Å². The highest BCUT2D eigenvalue weighted by Crippen LogP contribution is 2.26. The molecule has 3 heteroatoms. The zero-order valence-corrected chi connectivity index (χ0v) is 12.1. The van der Waals surface area contributed by atoms with Crippen molar-refractivity contribution >= 4 is 0 Å². The SMILES string of the molecule is NCc1cc(F)ccc1COc1ccc2c(c1)CCCC2. The first kappa shape index (κ1) is 14.1. The highest BCUT2D eigenvalue weighted by molar-refractivity contribution is 5.37. The van der Waals surface area contributed by atoms with Gasteiger partial charge in [0.2, 0.25) is 0 Å². The van der Waals surface area contributed by atoms with Gasteiger partial charge in [-0.3, -0.25) is 0 Å². The molecule has 0 heterocycles. The first-order valence-corrected chi connectivity index (χ1v) is 7.48. The summed E-state index contributed by atoms with van der Waals surface area (Å²) in [6.45, 7) is 0.742. The minimum Gasteiger partial charge on any atom is -0.489 e. The van der Waals surface area contributed by atoms with Gasteiger partial charge in [0.15, 0.2) is 0 Å². The van der Waals surface area contributed by atoms with Crippen molar-refractivity contribution in [3.63, 3.8) is 0 Å². The van der Waals surface area contributed by atoms with Crippen LogP contribution >= 0.6 is 0 Å². The number of fused-ring (bicyclic) bond motifs is 1. The number of rotatable bonds is 4. The fourth-order valence-electron chi connectivity index (χ4n) is 2.89. The van der Waals surface area contributed by atoms with Gasteiger partial charge in [-0.1, -0.05) is 12.1 Å². The Labute approximate surface area is 124 Å². The molecule has 2 N–H and O–H groups in total. The molecule has 21 heavy (non-hydrogen) atoms. The molecular weight excluding hydrogens is 265 g/mol. The van der Waals surface area contributed by atoms with Gasteiger partial charge in [0, 0.05) is 6.54 Å². The maximum Gasteiger partial charge on any atom is 0.123 e. The monoisotopic (exact) mass is 285 g/mol. The van der Waals surface area contributed by atoms with E-state index in [-0.39, 0.29) is 5.82 Å². The molecule has 0 spiro atoms. The maximum absolute atomic E-state index is 13.2. The van der Waals surface area contributed by atoms with Crippen LogP contribution in [0.2, 0.25) is 0 Å². The molecule has 0 saturated heterocycles. The Morgan fingerprint density at radius 2 is 1.76 bits per heavy atom. The van der Waals surface area contributed by atoms with Gasteiger partial charge < -0.3 is 10.5 Å². The minimum absolute atomic E-state index is 0.256. The largest absolute Gasteiger partial charge is 0.489 e. The van der Waals surface area contributed by atoms with Crippen LogP contribution in [0.15, 0.2) is 36.4 Å². The Kier molecular flexibility index (Phi) is 4.20. The number of nitrogens with two attached hydrogens (primary N) is 1. The first-order chi connectivity index (χ1) is 10.3. The van der Waals surface area contributed by atoms with Crippen LogP contribution in [0.25, 0.3) is 0 Å². The summed E-state index contributed by atoms with van der Waals surface area (Å²) in [6.07, 6.45) is 4.84. The molecule has 0 fully saturated rings. The molecule has 0 unspecified atom stereocenters. The van der Waals surface area contributed by atoms with E-state index in [1.165, 1.54) is 42.5 Å². The Morgan fingerprint density at radius 1 is 0.952 bits per heavy atom. The number of ether oxygens (including phenoxy) is 1. The normalized spacial score (nSPS) is 13.8. The van der Waals surface area contributed by atoms with Crippen molar-refractivity contribution in [3.05, 3.63) is 64.5 Å². The smallest absolute Gasteiger partial charge is 0.123 e. The van der Waals surface area contributed by atoms with E-state index in [1.807, 2.05) is 6.07 Å². The van der Waals surface area contributed by atoms with E-state index in [1.54, 1.807) is 6.07 Å². The van der Waals surface area contributed by atoms with Crippen LogP contribution in [-0.2, 0) is 26.0 Å². The van der Waals surface area contributed by atoms with Gasteiger partial charge in [0.05, 0.1) is 0 Å². The van der Waals surface area contributed by atoms with Gasteiger partial charge in [-0.2, -0.15) is 0 Å². The van der Waals surface area contributed by atoms with Gasteiger partial charge >= 0.3 is 0 Å². The predicted octanol–water partition coefficient (Wildman–Crippen LogP) is 3.74. The zero-order valence-electron chi connectivity index (χ0n) is 12.1. The Hall–Kier alpha value is -1.87. The van der Waals surface area contributed by atoms with E-state index in [0.29, 0.717) is 13.2 Å². The quantitative estimate of drug-likeness (QED) is 0.928. The predicted molar refractivity (Wildman–Crippen MR) is 81.7 cm³/mol. The summed E-state index contributed by atoms with van der Waals surface area (Å²) in [5.74, 6) is 0.621. The van der Waals surface area contributed by atoms with E-state index in [4.69, 9.17) is 10.5 Å². The number of hydrogen-bond acceptors (Lipinski definition) is 2. The van der Waals surface area contributed by atoms with Crippen LogP contribution in [0.5, 0.6) is 5.75 Å². The van der Waals surface area contributed by atoms with Gasteiger partial charge in [-0.15, -0.1) is 0 Å². The lowest BCUT2D eigenvalue weighted by Gasteiger charge is -2.17. The summed E-state index contributed by atoms with van der Waals surface area (Å²) < 4.78 is 19.1. The maximum atomic E-state index is 13.2. The summed E-state index contributed by atoms with van der Waals surface area (Å²) >= 11 is 0. The van der Waals surface area contributed by atoms with E-state index in [0.717, 1.165) is 23.3 Å². The second-order valence-corrected chi connectivity index (χ2v) is 5.54. The molecule has 0 aromatic heterocycles. The second kappa shape index (κ2) is 6.27. The molecule has 1 aliphatic rings. The van der Waals surface area contributed by atoms with Crippen molar-refractivity contribution in [1.29, 1.82) is 0 Å². The Morgan fingerprint density at radius 3 is 2.57 bits per heavy atom. The van der Waals surface area contributed by atoms with Crippen molar-refractivity contribution < 1.29 is 9.13 Å². The summed E-state index contributed by atoms with van der Waals surface area (Å²) in [5, 5.41) is 0. The van der Waals surface area contributed by atoms with Crippen molar-refractivity contribution in [2.45, 2.75) is 38.8 Å². The van der Waals surface area contributed by atoms with E-state index in [9.17, 15) is 4.39 Å². The molecule has 0 aliphatic heterocycles. The Balaban J connectivity index is 1.73. The number of aryl methyl sites for hydroxylation is 2. The molecular formula is C18H20FNO. The van der Waals surface area contributed by atoms with E-state index >= 15 is 0 Å². The van der Waals surface area contributed by atoms with Crippen LogP contribution in [0.4, 0.5) is 4.39 Å². The lowest BCUT2D eigenvalue weighted by Crippen LogP contribution is -2.06. The fraction of sp³-hybridized carbons (Fsp3) is 0.333. The summed E-state index contributed by atoms with van der Waals surface area (Å²) in [4.78, 5) is 0. The standard InChI is InChI=1S/C18H20FNO/c19-17-7-5-15(16(9-17)11-20)12-21-18-8-6-13-3-1-2-4-14(13)10-18/h5-10H,1-4,11-12,20H2. The molecule has 0 amide bonds. The third-order valence-corrected chi connectivity index (χ3v) is 4.10. The summed E-state index contributed by atoms with van der Waals surface area (Å²) in [6, 6.07) is 11.0. The van der Waals surface area contributed by atoms with Crippen LogP contribution in [0, 0.1) is 5.82 Å². The molecule has 2 aromatic carbocycles. The molecule has 2 aromatic rings.